The normalized spacial score (nSPS) is 11.5. The molecule has 0 spiro atoms. The van der Waals surface area contributed by atoms with Crippen LogP contribution >= 0.6 is 0 Å². The number of nitrogens with two attached hydrogens (primary N) is 1. The second-order valence-electron chi connectivity index (χ2n) is 2.75. The van der Waals surface area contributed by atoms with Crippen molar-refractivity contribution in [1.29, 1.82) is 0 Å². The highest BCUT2D eigenvalue weighted by atomic mass is 32.2. The molecule has 0 heterocycles. The zero-order chi connectivity index (χ0) is 9.90. The summed E-state index contributed by atoms with van der Waals surface area (Å²) in [6.45, 7) is 0.423. The van der Waals surface area contributed by atoms with E-state index in [9.17, 15) is 8.42 Å². The molecule has 0 fully saturated rings. The lowest BCUT2D eigenvalue weighted by atomic mass is 10.1. The van der Waals surface area contributed by atoms with E-state index in [0.29, 0.717) is 12.1 Å². The fourth-order valence-corrected chi connectivity index (χ4v) is 1.60. The van der Waals surface area contributed by atoms with Gasteiger partial charge in [0.05, 0.1) is 0 Å². The van der Waals surface area contributed by atoms with Crippen LogP contribution in [0.5, 0.6) is 0 Å². The van der Waals surface area contributed by atoms with E-state index in [2.05, 4.69) is 0 Å². The Morgan fingerprint density at radius 3 is 2.00 bits per heavy atom. The summed E-state index contributed by atoms with van der Waals surface area (Å²) in [7, 11) is -3.93. The van der Waals surface area contributed by atoms with Gasteiger partial charge in [0.15, 0.2) is 0 Å². The number of benzene rings is 1. The van der Waals surface area contributed by atoms with Gasteiger partial charge < -0.3 is 5.73 Å². The van der Waals surface area contributed by atoms with Gasteiger partial charge in [-0.05, 0) is 11.1 Å². The van der Waals surface area contributed by atoms with Gasteiger partial charge in [-0.15, -0.1) is 0 Å². The van der Waals surface area contributed by atoms with Gasteiger partial charge in [0.1, 0.15) is 5.75 Å². The lowest BCUT2D eigenvalue weighted by Crippen LogP contribution is -2.02. The second-order valence-corrected chi connectivity index (χ2v) is 4.20. The molecule has 0 saturated carbocycles. The monoisotopic (exact) mass is 201 g/mol. The minimum atomic E-state index is -3.93. The minimum absolute atomic E-state index is 0.349. The Balaban J connectivity index is 2.81. The summed E-state index contributed by atoms with van der Waals surface area (Å²) < 4.78 is 29.5. The maximum atomic E-state index is 10.5. The molecule has 13 heavy (non-hydrogen) atoms. The van der Waals surface area contributed by atoms with Crippen molar-refractivity contribution in [3.8, 4) is 0 Å². The summed E-state index contributed by atoms with van der Waals surface area (Å²) in [5.74, 6) is -0.349. The van der Waals surface area contributed by atoms with Crippen molar-refractivity contribution in [1.82, 2.24) is 0 Å². The van der Waals surface area contributed by atoms with E-state index < -0.39 is 10.1 Å². The van der Waals surface area contributed by atoms with Crippen LogP contribution in [-0.4, -0.2) is 13.0 Å². The molecule has 0 bridgehead atoms. The van der Waals surface area contributed by atoms with Crippen LogP contribution in [0.1, 0.15) is 11.1 Å². The first-order valence-electron chi connectivity index (χ1n) is 3.74. The highest BCUT2D eigenvalue weighted by Gasteiger charge is 2.05. The molecular weight excluding hydrogens is 190 g/mol. The van der Waals surface area contributed by atoms with Crippen molar-refractivity contribution >= 4 is 10.1 Å². The van der Waals surface area contributed by atoms with E-state index in [1.54, 1.807) is 24.3 Å². The number of hydrogen-bond acceptors (Lipinski definition) is 3. The molecule has 0 aliphatic heterocycles. The molecule has 0 aliphatic rings. The highest BCUT2D eigenvalue weighted by Crippen LogP contribution is 2.06. The van der Waals surface area contributed by atoms with Gasteiger partial charge in [0.25, 0.3) is 10.1 Å². The van der Waals surface area contributed by atoms with Crippen molar-refractivity contribution in [2.24, 2.45) is 5.73 Å². The molecule has 1 aromatic carbocycles. The topological polar surface area (TPSA) is 80.4 Å². The SMILES string of the molecule is NCc1ccc(CS(=O)(=O)O)cc1. The molecule has 5 heteroatoms. The van der Waals surface area contributed by atoms with Gasteiger partial charge >= 0.3 is 0 Å². The van der Waals surface area contributed by atoms with E-state index in [4.69, 9.17) is 10.3 Å². The van der Waals surface area contributed by atoms with Crippen molar-refractivity contribution in [3.05, 3.63) is 35.4 Å². The van der Waals surface area contributed by atoms with Gasteiger partial charge in [0.2, 0.25) is 0 Å². The average molecular weight is 201 g/mol. The summed E-state index contributed by atoms with van der Waals surface area (Å²) in [4.78, 5) is 0. The first-order chi connectivity index (χ1) is 6.01. The van der Waals surface area contributed by atoms with Gasteiger partial charge in [0, 0.05) is 6.54 Å². The van der Waals surface area contributed by atoms with Gasteiger partial charge in [-0.25, -0.2) is 0 Å². The molecule has 0 radical (unpaired) electrons. The Labute approximate surface area is 77.1 Å². The van der Waals surface area contributed by atoms with Crippen LogP contribution in [0.2, 0.25) is 0 Å². The third-order valence-electron chi connectivity index (χ3n) is 1.61. The molecule has 1 rings (SSSR count). The Kier molecular flexibility index (Phi) is 3.02. The van der Waals surface area contributed by atoms with E-state index in [0.717, 1.165) is 5.56 Å². The van der Waals surface area contributed by atoms with Crippen molar-refractivity contribution in [2.45, 2.75) is 12.3 Å². The molecule has 0 atom stereocenters. The molecule has 72 valence electrons. The van der Waals surface area contributed by atoms with Gasteiger partial charge in [-0.2, -0.15) is 8.42 Å². The maximum Gasteiger partial charge on any atom is 0.269 e. The fourth-order valence-electron chi connectivity index (χ4n) is 0.982. The molecule has 0 aromatic heterocycles. The maximum absolute atomic E-state index is 10.5. The van der Waals surface area contributed by atoms with Gasteiger partial charge in [-0.1, -0.05) is 24.3 Å². The molecule has 0 aliphatic carbocycles. The largest absolute Gasteiger partial charge is 0.326 e. The van der Waals surface area contributed by atoms with Crippen LogP contribution in [0.4, 0.5) is 0 Å². The first kappa shape index (κ1) is 10.2. The second kappa shape index (κ2) is 3.87. The smallest absolute Gasteiger partial charge is 0.269 e. The van der Waals surface area contributed by atoms with Crippen LogP contribution in [0.15, 0.2) is 24.3 Å². The third kappa shape index (κ3) is 3.54. The Hall–Kier alpha value is -0.910. The summed E-state index contributed by atoms with van der Waals surface area (Å²) in [5, 5.41) is 0. The van der Waals surface area contributed by atoms with Crippen LogP contribution in [-0.2, 0) is 22.4 Å². The number of hydrogen-bond donors (Lipinski definition) is 2. The van der Waals surface area contributed by atoms with Crippen molar-refractivity contribution < 1.29 is 13.0 Å². The van der Waals surface area contributed by atoms with E-state index in [-0.39, 0.29) is 5.75 Å². The molecule has 0 unspecified atom stereocenters. The van der Waals surface area contributed by atoms with Crippen LogP contribution in [0.3, 0.4) is 0 Å². The standard InChI is InChI=1S/C8H11NO3S/c9-5-7-1-3-8(4-2-7)6-13(10,11)12/h1-4H,5-6,9H2,(H,10,11,12). The quantitative estimate of drug-likeness (QED) is 0.699. The Morgan fingerprint density at radius 2 is 1.62 bits per heavy atom. The van der Waals surface area contributed by atoms with E-state index >= 15 is 0 Å². The van der Waals surface area contributed by atoms with E-state index in [1.807, 2.05) is 0 Å². The summed E-state index contributed by atoms with van der Waals surface area (Å²) in [5.41, 5.74) is 6.84. The summed E-state index contributed by atoms with van der Waals surface area (Å²) in [6.07, 6.45) is 0. The highest BCUT2D eigenvalue weighted by molar-refractivity contribution is 7.85. The summed E-state index contributed by atoms with van der Waals surface area (Å²) >= 11 is 0. The predicted molar refractivity (Wildman–Crippen MR) is 49.6 cm³/mol. The Morgan fingerprint density at radius 1 is 1.15 bits per heavy atom. The predicted octanol–water partition coefficient (Wildman–Crippen LogP) is 0.533. The third-order valence-corrected chi connectivity index (χ3v) is 2.31. The van der Waals surface area contributed by atoms with E-state index in [1.165, 1.54) is 0 Å². The molecule has 4 nitrogen and oxygen atoms in total. The molecule has 1 aromatic rings. The molecule has 0 amide bonds. The van der Waals surface area contributed by atoms with Gasteiger partial charge in [-0.3, -0.25) is 4.55 Å². The molecule has 0 saturated heterocycles. The molecule has 3 N–H and O–H groups in total. The Bertz CT molecular complexity index is 369. The first-order valence-corrected chi connectivity index (χ1v) is 5.35. The zero-order valence-electron chi connectivity index (χ0n) is 6.97. The molecular formula is C8H11NO3S. The van der Waals surface area contributed by atoms with Crippen LogP contribution < -0.4 is 5.73 Å². The average Bonchev–Trinajstić information content (AvgIpc) is 2.03. The van der Waals surface area contributed by atoms with Crippen molar-refractivity contribution in [3.63, 3.8) is 0 Å². The van der Waals surface area contributed by atoms with Crippen LogP contribution in [0.25, 0.3) is 0 Å². The zero-order valence-corrected chi connectivity index (χ0v) is 7.79. The lowest BCUT2D eigenvalue weighted by molar-refractivity contribution is 0.482. The van der Waals surface area contributed by atoms with Crippen molar-refractivity contribution in [2.75, 3.05) is 0 Å². The summed E-state index contributed by atoms with van der Waals surface area (Å²) in [6, 6.07) is 6.74. The van der Waals surface area contributed by atoms with Crippen LogP contribution in [0, 0.1) is 0 Å². The fraction of sp³-hybridized carbons (Fsp3) is 0.250. The lowest BCUT2D eigenvalue weighted by Gasteiger charge is -1.99. The minimum Gasteiger partial charge on any atom is -0.326 e. The number of rotatable bonds is 3.